The number of hydrogen-bond donors (Lipinski definition) is 2. The van der Waals surface area contributed by atoms with Crippen LogP contribution in [0, 0.1) is 0 Å². The van der Waals surface area contributed by atoms with E-state index in [2.05, 4.69) is 5.32 Å². The minimum Gasteiger partial charge on any atom is -0.497 e. The molecule has 1 fully saturated rings. The molecule has 0 heterocycles. The molecule has 0 saturated heterocycles. The lowest BCUT2D eigenvalue weighted by molar-refractivity contribution is -0.140. The Morgan fingerprint density at radius 1 is 1.17 bits per heavy atom. The van der Waals surface area contributed by atoms with Gasteiger partial charge >= 0.3 is 5.97 Å². The van der Waals surface area contributed by atoms with Crippen LogP contribution in [0.25, 0.3) is 0 Å². The van der Waals surface area contributed by atoms with Gasteiger partial charge in [-0.25, -0.2) is 0 Å². The van der Waals surface area contributed by atoms with Gasteiger partial charge in [0.15, 0.2) is 5.78 Å². The zero-order valence-corrected chi connectivity index (χ0v) is 13.8. The summed E-state index contributed by atoms with van der Waals surface area (Å²) in [6.45, 7) is 0. The molecule has 2 N–H and O–H groups in total. The summed E-state index contributed by atoms with van der Waals surface area (Å²) >= 11 is 0. The van der Waals surface area contributed by atoms with Crippen molar-refractivity contribution in [3.63, 3.8) is 0 Å². The van der Waals surface area contributed by atoms with Crippen molar-refractivity contribution in [2.75, 3.05) is 7.11 Å². The van der Waals surface area contributed by atoms with Crippen molar-refractivity contribution in [3.8, 4) is 5.75 Å². The molecule has 0 aliphatic heterocycles. The molecule has 0 atom stereocenters. The van der Waals surface area contributed by atoms with Crippen molar-refractivity contribution >= 4 is 17.7 Å². The first-order valence-electron chi connectivity index (χ1n) is 8.14. The van der Waals surface area contributed by atoms with Crippen LogP contribution in [0.3, 0.4) is 0 Å². The Hall–Kier alpha value is -2.37. The molecule has 2 rings (SSSR count). The summed E-state index contributed by atoms with van der Waals surface area (Å²) < 4.78 is 5.05. The average Bonchev–Trinajstić information content (AvgIpc) is 2.52. The first-order valence-corrected chi connectivity index (χ1v) is 8.14. The fourth-order valence-electron chi connectivity index (χ4n) is 2.93. The van der Waals surface area contributed by atoms with E-state index in [0.29, 0.717) is 30.6 Å². The second-order valence-electron chi connectivity index (χ2n) is 6.26. The molecule has 1 aromatic rings. The highest BCUT2D eigenvalue weighted by Crippen LogP contribution is 2.35. The number of amides is 1. The number of nitrogens with one attached hydrogen (secondary N) is 1. The highest BCUT2D eigenvalue weighted by Gasteiger charge is 2.40. The zero-order chi connectivity index (χ0) is 17.6. The second kappa shape index (κ2) is 7.95. The van der Waals surface area contributed by atoms with Crippen LogP contribution in [-0.2, 0) is 9.59 Å². The molecule has 24 heavy (non-hydrogen) atoms. The molecule has 1 amide bonds. The van der Waals surface area contributed by atoms with Crippen LogP contribution in [0.1, 0.15) is 55.3 Å². The number of carbonyl (C=O) groups excluding carboxylic acids is 2. The smallest absolute Gasteiger partial charge is 0.305 e. The summed E-state index contributed by atoms with van der Waals surface area (Å²) in [4.78, 5) is 35.0. The maximum atomic E-state index is 12.1. The number of carboxylic acids is 1. The first-order chi connectivity index (χ1) is 11.4. The topological polar surface area (TPSA) is 92.7 Å². The number of ketones is 1. The molecule has 130 valence electrons. The van der Waals surface area contributed by atoms with Gasteiger partial charge in [-0.1, -0.05) is 0 Å². The third-order valence-electron chi connectivity index (χ3n) is 4.42. The highest BCUT2D eigenvalue weighted by molar-refractivity contribution is 5.96. The van der Waals surface area contributed by atoms with E-state index in [1.165, 1.54) is 0 Å². The van der Waals surface area contributed by atoms with E-state index in [9.17, 15) is 14.4 Å². The lowest BCUT2D eigenvalue weighted by Crippen LogP contribution is -2.54. The average molecular weight is 333 g/mol. The van der Waals surface area contributed by atoms with E-state index in [-0.39, 0.29) is 31.0 Å². The highest BCUT2D eigenvalue weighted by atomic mass is 16.5. The molecule has 0 radical (unpaired) electrons. The van der Waals surface area contributed by atoms with Crippen molar-refractivity contribution < 1.29 is 24.2 Å². The van der Waals surface area contributed by atoms with E-state index in [1.807, 2.05) is 0 Å². The van der Waals surface area contributed by atoms with Gasteiger partial charge in [0.25, 0.3) is 0 Å². The number of carboxylic acid groups (broad SMARTS) is 1. The van der Waals surface area contributed by atoms with Crippen LogP contribution in [0.4, 0.5) is 0 Å². The number of carbonyl (C=O) groups is 3. The summed E-state index contributed by atoms with van der Waals surface area (Å²) in [7, 11) is 1.56. The van der Waals surface area contributed by atoms with Gasteiger partial charge in [-0.3, -0.25) is 14.4 Å². The van der Waals surface area contributed by atoms with E-state index in [0.717, 1.165) is 6.42 Å². The molecule has 0 unspecified atom stereocenters. The minimum absolute atomic E-state index is 0.0191. The lowest BCUT2D eigenvalue weighted by Gasteiger charge is -2.41. The van der Waals surface area contributed by atoms with E-state index < -0.39 is 11.5 Å². The molecule has 1 aromatic carbocycles. The summed E-state index contributed by atoms with van der Waals surface area (Å²) in [5.41, 5.74) is 0.0145. The monoisotopic (exact) mass is 333 g/mol. The lowest BCUT2D eigenvalue weighted by atomic mass is 9.74. The number of hydrogen-bond acceptors (Lipinski definition) is 4. The summed E-state index contributed by atoms with van der Waals surface area (Å²) in [6.07, 6.45) is 3.26. The van der Waals surface area contributed by atoms with E-state index in [4.69, 9.17) is 9.84 Å². The number of rotatable bonds is 9. The molecular formula is C18H23NO5. The van der Waals surface area contributed by atoms with Gasteiger partial charge in [0.2, 0.25) is 5.91 Å². The molecule has 1 aliphatic rings. The molecule has 0 aromatic heterocycles. The normalized spacial score (nSPS) is 15.2. The minimum atomic E-state index is -0.898. The number of Topliss-reactive ketones (excluding diaryl/α,β-unsaturated/α-hetero) is 1. The summed E-state index contributed by atoms with van der Waals surface area (Å²) in [5.74, 6) is -0.410. The Balaban J connectivity index is 1.75. The Kier molecular flexibility index (Phi) is 5.95. The Morgan fingerprint density at radius 3 is 2.33 bits per heavy atom. The number of benzene rings is 1. The molecule has 0 bridgehead atoms. The largest absolute Gasteiger partial charge is 0.497 e. The number of ether oxygens (including phenoxy) is 1. The molecule has 6 nitrogen and oxygen atoms in total. The van der Waals surface area contributed by atoms with Gasteiger partial charge in [0.1, 0.15) is 5.75 Å². The van der Waals surface area contributed by atoms with Gasteiger partial charge in [0, 0.05) is 18.4 Å². The van der Waals surface area contributed by atoms with Gasteiger partial charge in [-0.15, -0.1) is 0 Å². The maximum Gasteiger partial charge on any atom is 0.305 e. The van der Waals surface area contributed by atoms with Crippen molar-refractivity contribution in [1.82, 2.24) is 5.32 Å². The van der Waals surface area contributed by atoms with Crippen LogP contribution in [-0.4, -0.2) is 35.4 Å². The molecule has 0 spiro atoms. The molecular weight excluding hydrogens is 310 g/mol. The molecule has 1 saturated carbocycles. The van der Waals surface area contributed by atoms with E-state index in [1.54, 1.807) is 31.4 Å². The Bertz CT molecular complexity index is 604. The van der Waals surface area contributed by atoms with Crippen LogP contribution in [0.15, 0.2) is 24.3 Å². The van der Waals surface area contributed by atoms with Crippen molar-refractivity contribution in [2.24, 2.45) is 0 Å². The molecule has 1 aliphatic carbocycles. The van der Waals surface area contributed by atoms with Crippen LogP contribution in [0.5, 0.6) is 5.75 Å². The predicted octanol–water partition coefficient (Wildman–Crippen LogP) is 2.56. The van der Waals surface area contributed by atoms with Gasteiger partial charge in [0.05, 0.1) is 19.1 Å². The number of methoxy groups -OCH3 is 1. The van der Waals surface area contributed by atoms with Gasteiger partial charge < -0.3 is 15.2 Å². The van der Waals surface area contributed by atoms with Crippen LogP contribution >= 0.6 is 0 Å². The molecule has 6 heteroatoms. The predicted molar refractivity (Wildman–Crippen MR) is 88.2 cm³/mol. The fourth-order valence-corrected chi connectivity index (χ4v) is 2.93. The van der Waals surface area contributed by atoms with Crippen molar-refractivity contribution in [2.45, 2.75) is 50.5 Å². The standard InChI is InChI=1S/C18H23NO5/c1-24-14-8-6-13(7-9-14)15(20)4-2-5-16(21)19-18(10-3-11-18)12-17(22)23/h6-9H,2-5,10-12H2,1H3,(H,19,21)(H,22,23). The SMILES string of the molecule is COc1ccc(C(=O)CCCC(=O)NC2(CC(=O)O)CCC2)cc1. The quantitative estimate of drug-likeness (QED) is 0.678. The Morgan fingerprint density at radius 2 is 1.83 bits per heavy atom. The zero-order valence-electron chi connectivity index (χ0n) is 13.8. The number of aliphatic carboxylic acids is 1. The summed E-state index contributed by atoms with van der Waals surface area (Å²) in [5, 5.41) is 11.8. The first kappa shape index (κ1) is 18.0. The second-order valence-corrected chi connectivity index (χ2v) is 6.26. The summed E-state index contributed by atoms with van der Waals surface area (Å²) in [6, 6.07) is 6.87. The van der Waals surface area contributed by atoms with Gasteiger partial charge in [-0.05, 0) is 49.9 Å². The Labute approximate surface area is 141 Å². The van der Waals surface area contributed by atoms with Gasteiger partial charge in [-0.2, -0.15) is 0 Å². The van der Waals surface area contributed by atoms with Crippen molar-refractivity contribution in [1.29, 1.82) is 0 Å². The van der Waals surface area contributed by atoms with E-state index >= 15 is 0 Å². The third kappa shape index (κ3) is 4.81. The fraction of sp³-hybridized carbons (Fsp3) is 0.500. The maximum absolute atomic E-state index is 12.1. The van der Waals surface area contributed by atoms with Crippen molar-refractivity contribution in [3.05, 3.63) is 29.8 Å². The third-order valence-corrected chi connectivity index (χ3v) is 4.42. The van der Waals surface area contributed by atoms with Crippen LogP contribution < -0.4 is 10.1 Å². The van der Waals surface area contributed by atoms with Crippen LogP contribution in [0.2, 0.25) is 0 Å².